The Morgan fingerprint density at radius 2 is 1.88 bits per heavy atom. The first kappa shape index (κ1) is 16.2. The molecule has 3 rings (SSSR count). The predicted octanol–water partition coefficient (Wildman–Crippen LogP) is 4.64. The lowest BCUT2D eigenvalue weighted by Gasteiger charge is -2.11. The molecule has 0 N–H and O–H groups in total. The van der Waals surface area contributed by atoms with Crippen LogP contribution < -0.4 is 9.47 Å². The molecule has 3 aromatic rings. The molecule has 5 heteroatoms. The van der Waals surface area contributed by atoms with E-state index in [2.05, 4.69) is 15.9 Å². The molecule has 0 aromatic heterocycles. The molecule has 0 fully saturated rings. The maximum Gasteiger partial charge on any atom is 0.343 e. The minimum absolute atomic E-state index is 0.264. The summed E-state index contributed by atoms with van der Waals surface area (Å²) in [5.41, 5.74) is 0.682. The van der Waals surface area contributed by atoms with Crippen LogP contribution in [0.25, 0.3) is 10.8 Å². The van der Waals surface area contributed by atoms with Crippen LogP contribution in [-0.2, 0) is 0 Å². The number of rotatable bonds is 4. The molecular weight excluding hydrogens is 372 g/mol. The van der Waals surface area contributed by atoms with Gasteiger partial charge in [0.25, 0.3) is 0 Å². The molecular formula is C19H13BrO4. The van der Waals surface area contributed by atoms with Crippen LogP contribution in [0.15, 0.2) is 59.1 Å². The first-order chi connectivity index (χ1) is 11.6. The monoisotopic (exact) mass is 384 g/mol. The van der Waals surface area contributed by atoms with Crippen LogP contribution in [0.3, 0.4) is 0 Å². The van der Waals surface area contributed by atoms with Crippen molar-refractivity contribution in [2.75, 3.05) is 7.11 Å². The van der Waals surface area contributed by atoms with Crippen LogP contribution in [0, 0.1) is 0 Å². The van der Waals surface area contributed by atoms with E-state index in [1.165, 1.54) is 0 Å². The number of aldehydes is 1. The van der Waals surface area contributed by atoms with Gasteiger partial charge < -0.3 is 9.47 Å². The molecule has 120 valence electrons. The maximum absolute atomic E-state index is 12.5. The topological polar surface area (TPSA) is 52.6 Å². The quantitative estimate of drug-likeness (QED) is 0.373. The van der Waals surface area contributed by atoms with E-state index in [0.717, 1.165) is 5.39 Å². The van der Waals surface area contributed by atoms with Crippen molar-refractivity contribution in [3.63, 3.8) is 0 Å². The largest absolute Gasteiger partial charge is 0.496 e. The van der Waals surface area contributed by atoms with Crippen LogP contribution in [0.1, 0.15) is 20.7 Å². The molecule has 0 aliphatic heterocycles. The smallest absolute Gasteiger partial charge is 0.343 e. The molecule has 0 bridgehead atoms. The fraction of sp³-hybridized carbons (Fsp3) is 0.0526. The number of carbonyl (C=O) groups is 2. The van der Waals surface area contributed by atoms with Crippen LogP contribution >= 0.6 is 15.9 Å². The maximum atomic E-state index is 12.5. The van der Waals surface area contributed by atoms with Crippen molar-refractivity contribution in [3.05, 3.63) is 70.2 Å². The van der Waals surface area contributed by atoms with Crippen molar-refractivity contribution in [1.82, 2.24) is 0 Å². The predicted molar refractivity (Wildman–Crippen MR) is 95.0 cm³/mol. The lowest BCUT2D eigenvalue weighted by molar-refractivity contribution is 0.0736. The number of methoxy groups -OCH3 is 1. The molecule has 0 saturated carbocycles. The Bertz CT molecular complexity index is 934. The molecule has 0 atom stereocenters. The summed E-state index contributed by atoms with van der Waals surface area (Å²) in [6.07, 6.45) is 0.680. The van der Waals surface area contributed by atoms with Gasteiger partial charge in [0.2, 0.25) is 0 Å². The van der Waals surface area contributed by atoms with E-state index < -0.39 is 5.97 Å². The van der Waals surface area contributed by atoms with Crippen molar-refractivity contribution >= 4 is 39.0 Å². The highest BCUT2D eigenvalue weighted by Crippen LogP contribution is 2.31. The van der Waals surface area contributed by atoms with Gasteiger partial charge in [-0.15, -0.1) is 0 Å². The second kappa shape index (κ2) is 6.84. The van der Waals surface area contributed by atoms with Gasteiger partial charge in [-0.3, -0.25) is 4.79 Å². The third-order valence-corrected chi connectivity index (χ3v) is 4.24. The summed E-state index contributed by atoms with van der Waals surface area (Å²) in [5, 5.41) is 1.60. The van der Waals surface area contributed by atoms with E-state index in [0.29, 0.717) is 33.0 Å². The zero-order valence-electron chi connectivity index (χ0n) is 12.8. The zero-order valence-corrected chi connectivity index (χ0v) is 14.4. The van der Waals surface area contributed by atoms with Gasteiger partial charge in [-0.05, 0) is 45.6 Å². The van der Waals surface area contributed by atoms with E-state index >= 15 is 0 Å². The lowest BCUT2D eigenvalue weighted by Crippen LogP contribution is -2.10. The fourth-order valence-electron chi connectivity index (χ4n) is 2.41. The molecule has 0 amide bonds. The first-order valence-corrected chi connectivity index (χ1v) is 7.96. The molecule has 0 saturated heterocycles. The molecule has 3 aromatic carbocycles. The number of fused-ring (bicyclic) bond motifs is 1. The average Bonchev–Trinajstić information content (AvgIpc) is 2.61. The van der Waals surface area contributed by atoms with Gasteiger partial charge in [0.15, 0.2) is 6.29 Å². The molecule has 0 heterocycles. The Kier molecular flexibility index (Phi) is 4.62. The Morgan fingerprint density at radius 1 is 1.08 bits per heavy atom. The van der Waals surface area contributed by atoms with Crippen molar-refractivity contribution in [3.8, 4) is 11.5 Å². The van der Waals surface area contributed by atoms with Crippen LogP contribution in [0.4, 0.5) is 0 Å². The Hall–Kier alpha value is -2.66. The summed E-state index contributed by atoms with van der Waals surface area (Å²) in [6, 6.07) is 15.8. The second-order valence-corrected chi connectivity index (χ2v) is 5.92. The summed E-state index contributed by atoms with van der Waals surface area (Å²) in [4.78, 5) is 23.8. The van der Waals surface area contributed by atoms with Gasteiger partial charge >= 0.3 is 5.97 Å². The van der Waals surface area contributed by atoms with Gasteiger partial charge in [0.05, 0.1) is 22.7 Å². The molecule has 0 aliphatic carbocycles. The highest BCUT2D eigenvalue weighted by Gasteiger charge is 2.16. The van der Waals surface area contributed by atoms with Gasteiger partial charge in [-0.25, -0.2) is 4.79 Å². The van der Waals surface area contributed by atoms with Crippen LogP contribution in [-0.4, -0.2) is 19.4 Å². The van der Waals surface area contributed by atoms with Gasteiger partial charge in [-0.1, -0.05) is 30.3 Å². The van der Waals surface area contributed by atoms with E-state index in [1.54, 1.807) is 31.4 Å². The Labute approximate surface area is 147 Å². The van der Waals surface area contributed by atoms with Gasteiger partial charge in [-0.2, -0.15) is 0 Å². The minimum Gasteiger partial charge on any atom is -0.496 e. The highest BCUT2D eigenvalue weighted by atomic mass is 79.9. The summed E-state index contributed by atoms with van der Waals surface area (Å²) >= 11 is 3.34. The number of carbonyl (C=O) groups excluding carboxylic acids is 2. The van der Waals surface area contributed by atoms with Crippen LogP contribution in [0.2, 0.25) is 0 Å². The average molecular weight is 385 g/mol. The van der Waals surface area contributed by atoms with Gasteiger partial charge in [0.1, 0.15) is 11.5 Å². The minimum atomic E-state index is -0.544. The van der Waals surface area contributed by atoms with Crippen LogP contribution in [0.5, 0.6) is 11.5 Å². The fourth-order valence-corrected chi connectivity index (χ4v) is 2.95. The summed E-state index contributed by atoms with van der Waals surface area (Å²) in [7, 11) is 1.55. The third kappa shape index (κ3) is 3.03. The molecule has 24 heavy (non-hydrogen) atoms. The SMILES string of the molecule is COc1ccc(C(=O)Oc2c(C=O)ccc3ccccc23)cc1Br. The number of halogens is 1. The van der Waals surface area contributed by atoms with Crippen molar-refractivity contribution < 1.29 is 19.1 Å². The third-order valence-electron chi connectivity index (χ3n) is 3.62. The Balaban J connectivity index is 2.01. The van der Waals surface area contributed by atoms with Crippen molar-refractivity contribution in [1.29, 1.82) is 0 Å². The van der Waals surface area contributed by atoms with E-state index in [1.807, 2.05) is 30.3 Å². The highest BCUT2D eigenvalue weighted by molar-refractivity contribution is 9.10. The number of esters is 1. The molecule has 4 nitrogen and oxygen atoms in total. The molecule has 0 unspecified atom stereocenters. The van der Waals surface area contributed by atoms with E-state index in [4.69, 9.17) is 9.47 Å². The number of ether oxygens (including phenoxy) is 2. The number of hydrogen-bond donors (Lipinski definition) is 0. The van der Waals surface area contributed by atoms with Gasteiger partial charge in [0, 0.05) is 5.39 Å². The molecule has 0 aliphatic rings. The zero-order chi connectivity index (χ0) is 17.1. The second-order valence-electron chi connectivity index (χ2n) is 5.06. The summed E-state index contributed by atoms with van der Waals surface area (Å²) in [6.45, 7) is 0. The summed E-state index contributed by atoms with van der Waals surface area (Å²) < 4.78 is 11.3. The lowest BCUT2D eigenvalue weighted by atomic mass is 10.1. The first-order valence-electron chi connectivity index (χ1n) is 7.16. The van der Waals surface area contributed by atoms with Crippen molar-refractivity contribution in [2.45, 2.75) is 0 Å². The van der Waals surface area contributed by atoms with E-state index in [-0.39, 0.29) is 5.75 Å². The summed E-state index contributed by atoms with van der Waals surface area (Å²) in [5.74, 6) is 0.336. The Morgan fingerprint density at radius 3 is 2.58 bits per heavy atom. The number of hydrogen-bond acceptors (Lipinski definition) is 4. The standard InChI is InChI=1S/C19H13BrO4/c1-23-17-9-8-13(10-16(17)20)19(22)24-18-14(11-21)7-6-12-4-2-3-5-15(12)18/h2-11H,1H3. The van der Waals surface area contributed by atoms with E-state index in [9.17, 15) is 9.59 Å². The number of benzene rings is 3. The van der Waals surface area contributed by atoms with Crippen molar-refractivity contribution in [2.24, 2.45) is 0 Å². The molecule has 0 spiro atoms. The normalized spacial score (nSPS) is 10.4. The molecule has 0 radical (unpaired) electrons.